The molecule has 100 valence electrons. The van der Waals surface area contributed by atoms with Crippen molar-refractivity contribution in [2.24, 2.45) is 0 Å². The molecule has 3 rings (SSSR count). The number of imidazole rings is 1. The van der Waals surface area contributed by atoms with Crippen molar-refractivity contribution in [1.82, 2.24) is 9.97 Å². The third-order valence-corrected chi connectivity index (χ3v) is 3.20. The number of nitrogens with one attached hydrogen (secondary N) is 1. The highest BCUT2D eigenvalue weighted by molar-refractivity contribution is 5.68. The van der Waals surface area contributed by atoms with Crippen molar-refractivity contribution in [3.8, 4) is 22.6 Å². The number of H-pyrrole nitrogens is 1. The second kappa shape index (κ2) is 4.81. The molecule has 2 aromatic carbocycles. The van der Waals surface area contributed by atoms with E-state index < -0.39 is 0 Å². The Hall–Kier alpha value is -2.62. The van der Waals surface area contributed by atoms with E-state index in [9.17, 15) is 4.39 Å². The van der Waals surface area contributed by atoms with Gasteiger partial charge in [0.25, 0.3) is 0 Å². The van der Waals surface area contributed by atoms with E-state index in [0.29, 0.717) is 22.8 Å². The first-order chi connectivity index (χ1) is 9.65. The van der Waals surface area contributed by atoms with Gasteiger partial charge in [0, 0.05) is 22.5 Å². The number of anilines is 1. The van der Waals surface area contributed by atoms with Crippen LogP contribution in [-0.2, 0) is 0 Å². The van der Waals surface area contributed by atoms with Gasteiger partial charge in [-0.05, 0) is 43.3 Å². The van der Waals surface area contributed by atoms with Crippen LogP contribution < -0.4 is 5.73 Å². The van der Waals surface area contributed by atoms with E-state index in [4.69, 9.17) is 5.73 Å². The number of rotatable bonds is 2. The molecular formula is C16H14FN3. The van der Waals surface area contributed by atoms with Gasteiger partial charge in [-0.15, -0.1) is 0 Å². The number of hydrogen-bond acceptors (Lipinski definition) is 2. The van der Waals surface area contributed by atoms with Gasteiger partial charge in [-0.2, -0.15) is 0 Å². The Balaban J connectivity index is 2.08. The number of hydrogen-bond donors (Lipinski definition) is 2. The Labute approximate surface area is 116 Å². The zero-order chi connectivity index (χ0) is 14.1. The van der Waals surface area contributed by atoms with Gasteiger partial charge in [0.15, 0.2) is 0 Å². The molecule has 0 atom stereocenters. The lowest BCUT2D eigenvalue weighted by Crippen LogP contribution is -1.86. The summed E-state index contributed by atoms with van der Waals surface area (Å²) in [7, 11) is 0. The van der Waals surface area contributed by atoms with E-state index in [2.05, 4.69) is 9.97 Å². The summed E-state index contributed by atoms with van der Waals surface area (Å²) in [6, 6.07) is 14.0. The molecule has 0 saturated heterocycles. The van der Waals surface area contributed by atoms with E-state index in [1.54, 1.807) is 18.2 Å². The van der Waals surface area contributed by atoms with Crippen LogP contribution in [0.5, 0.6) is 0 Å². The van der Waals surface area contributed by atoms with Gasteiger partial charge < -0.3 is 10.7 Å². The fourth-order valence-corrected chi connectivity index (χ4v) is 2.15. The molecule has 0 aliphatic heterocycles. The van der Waals surface area contributed by atoms with Gasteiger partial charge in [0.2, 0.25) is 0 Å². The number of nitrogens with two attached hydrogens (primary N) is 1. The average molecular weight is 267 g/mol. The minimum Gasteiger partial charge on any atom is -0.399 e. The summed E-state index contributed by atoms with van der Waals surface area (Å²) in [6.07, 6.45) is 0. The smallest absolute Gasteiger partial charge is 0.138 e. The molecule has 1 heterocycles. The first-order valence-electron chi connectivity index (χ1n) is 6.32. The van der Waals surface area contributed by atoms with Crippen LogP contribution in [0.4, 0.5) is 10.1 Å². The number of halogens is 1. The van der Waals surface area contributed by atoms with Crippen molar-refractivity contribution in [1.29, 1.82) is 0 Å². The first kappa shape index (κ1) is 12.4. The highest BCUT2D eigenvalue weighted by Crippen LogP contribution is 2.27. The lowest BCUT2D eigenvalue weighted by atomic mass is 10.1. The first-order valence-corrected chi connectivity index (χ1v) is 6.32. The Morgan fingerprint density at radius 3 is 2.45 bits per heavy atom. The molecule has 20 heavy (non-hydrogen) atoms. The molecule has 0 amide bonds. The third-order valence-electron chi connectivity index (χ3n) is 3.20. The minimum absolute atomic E-state index is 0.272. The molecule has 1 aromatic heterocycles. The summed E-state index contributed by atoms with van der Waals surface area (Å²) in [6.45, 7) is 1.88. The van der Waals surface area contributed by atoms with Gasteiger partial charge in [0.1, 0.15) is 11.6 Å². The number of nitrogen functional groups attached to an aromatic ring is 1. The number of benzene rings is 2. The molecule has 0 aliphatic carbocycles. The normalized spacial score (nSPS) is 10.7. The van der Waals surface area contributed by atoms with Crippen molar-refractivity contribution >= 4 is 5.69 Å². The van der Waals surface area contributed by atoms with Crippen LogP contribution in [0.2, 0.25) is 0 Å². The monoisotopic (exact) mass is 267 g/mol. The number of nitrogens with zero attached hydrogens (tertiary/aromatic N) is 1. The maximum absolute atomic E-state index is 13.8. The number of aromatic nitrogens is 2. The second-order valence-electron chi connectivity index (χ2n) is 4.66. The maximum atomic E-state index is 13.8. The molecule has 0 bridgehead atoms. The highest BCUT2D eigenvalue weighted by atomic mass is 19.1. The lowest BCUT2D eigenvalue weighted by molar-refractivity contribution is 0.630. The van der Waals surface area contributed by atoms with E-state index in [0.717, 1.165) is 11.3 Å². The van der Waals surface area contributed by atoms with Crippen LogP contribution in [0.3, 0.4) is 0 Å². The lowest BCUT2D eigenvalue weighted by Gasteiger charge is -1.99. The zero-order valence-electron chi connectivity index (χ0n) is 11.0. The van der Waals surface area contributed by atoms with Crippen LogP contribution in [0.25, 0.3) is 22.6 Å². The van der Waals surface area contributed by atoms with Crippen LogP contribution in [0.15, 0.2) is 48.5 Å². The Morgan fingerprint density at radius 2 is 1.75 bits per heavy atom. The molecule has 0 spiro atoms. The van der Waals surface area contributed by atoms with Crippen molar-refractivity contribution in [3.63, 3.8) is 0 Å². The predicted octanol–water partition coefficient (Wildman–Crippen LogP) is 3.77. The number of aromatic amines is 1. The minimum atomic E-state index is -0.272. The van der Waals surface area contributed by atoms with Gasteiger partial charge in [-0.25, -0.2) is 9.37 Å². The van der Waals surface area contributed by atoms with Crippen molar-refractivity contribution in [2.45, 2.75) is 6.92 Å². The van der Waals surface area contributed by atoms with E-state index in [1.165, 1.54) is 6.07 Å². The summed E-state index contributed by atoms with van der Waals surface area (Å²) in [5.74, 6) is 0.437. The summed E-state index contributed by atoms with van der Waals surface area (Å²) in [5, 5.41) is 0. The number of aryl methyl sites for hydroxylation is 1. The Kier molecular flexibility index (Phi) is 2.99. The summed E-state index contributed by atoms with van der Waals surface area (Å²) in [5.41, 5.74) is 9.26. The van der Waals surface area contributed by atoms with Gasteiger partial charge in [-0.1, -0.05) is 12.1 Å². The van der Waals surface area contributed by atoms with E-state index >= 15 is 0 Å². The molecule has 3 aromatic rings. The molecule has 0 radical (unpaired) electrons. The molecule has 3 nitrogen and oxygen atoms in total. The largest absolute Gasteiger partial charge is 0.399 e. The van der Waals surface area contributed by atoms with Crippen LogP contribution in [0, 0.1) is 12.7 Å². The SMILES string of the molecule is Cc1[nH]c(-c2ccc(N)cc2)nc1-c1ccccc1F. The summed E-state index contributed by atoms with van der Waals surface area (Å²) >= 11 is 0. The molecule has 0 unspecified atom stereocenters. The second-order valence-corrected chi connectivity index (χ2v) is 4.66. The van der Waals surface area contributed by atoms with Crippen molar-refractivity contribution in [2.75, 3.05) is 5.73 Å². The summed E-state index contributed by atoms with van der Waals surface area (Å²) in [4.78, 5) is 7.69. The van der Waals surface area contributed by atoms with Crippen LogP contribution >= 0.6 is 0 Å². The highest BCUT2D eigenvalue weighted by Gasteiger charge is 2.13. The maximum Gasteiger partial charge on any atom is 0.138 e. The molecule has 0 fully saturated rings. The quantitative estimate of drug-likeness (QED) is 0.694. The fourth-order valence-electron chi connectivity index (χ4n) is 2.15. The zero-order valence-corrected chi connectivity index (χ0v) is 11.0. The Morgan fingerprint density at radius 1 is 1.05 bits per heavy atom. The summed E-state index contributed by atoms with van der Waals surface area (Å²) < 4.78 is 13.8. The predicted molar refractivity (Wildman–Crippen MR) is 78.6 cm³/mol. The molecule has 4 heteroatoms. The topological polar surface area (TPSA) is 54.7 Å². The molecule has 0 aliphatic rings. The van der Waals surface area contributed by atoms with Crippen LogP contribution in [-0.4, -0.2) is 9.97 Å². The third kappa shape index (κ3) is 2.16. The molecule has 0 saturated carbocycles. The fraction of sp³-hybridized carbons (Fsp3) is 0.0625. The standard InChI is InChI=1S/C16H14FN3/c1-10-15(13-4-2-3-5-14(13)17)20-16(19-10)11-6-8-12(18)9-7-11/h2-9H,18H2,1H3,(H,19,20). The van der Waals surface area contributed by atoms with E-state index in [1.807, 2.05) is 31.2 Å². The molecule has 3 N–H and O–H groups in total. The van der Waals surface area contributed by atoms with Crippen molar-refractivity contribution in [3.05, 3.63) is 60.0 Å². The average Bonchev–Trinajstić information content (AvgIpc) is 2.82. The van der Waals surface area contributed by atoms with Gasteiger partial charge >= 0.3 is 0 Å². The van der Waals surface area contributed by atoms with Gasteiger partial charge in [-0.3, -0.25) is 0 Å². The molecular weight excluding hydrogens is 253 g/mol. The van der Waals surface area contributed by atoms with E-state index in [-0.39, 0.29) is 5.82 Å². The van der Waals surface area contributed by atoms with Gasteiger partial charge in [0.05, 0.1) is 5.69 Å². The Bertz CT molecular complexity index is 745. The van der Waals surface area contributed by atoms with Crippen LogP contribution in [0.1, 0.15) is 5.69 Å². The van der Waals surface area contributed by atoms with Crippen molar-refractivity contribution < 1.29 is 4.39 Å².